The molecule has 0 radical (unpaired) electrons. The predicted octanol–water partition coefficient (Wildman–Crippen LogP) is 4.25. The lowest BCUT2D eigenvalue weighted by molar-refractivity contribution is -0.117. The highest BCUT2D eigenvalue weighted by Crippen LogP contribution is 2.27. The van der Waals surface area contributed by atoms with E-state index >= 15 is 0 Å². The maximum Gasteiger partial charge on any atom is 0.411 e. The van der Waals surface area contributed by atoms with Crippen LogP contribution in [0.3, 0.4) is 0 Å². The first-order chi connectivity index (χ1) is 17.6. The number of anilines is 1. The monoisotopic (exact) mass is 502 g/mol. The third-order valence-corrected chi connectivity index (χ3v) is 4.83. The summed E-state index contributed by atoms with van der Waals surface area (Å²) in [5, 5.41) is 2.65. The van der Waals surface area contributed by atoms with Gasteiger partial charge in [0, 0.05) is 18.0 Å². The van der Waals surface area contributed by atoms with Gasteiger partial charge < -0.3 is 14.8 Å². The number of pyridine rings is 1. The second-order valence-electron chi connectivity index (χ2n) is 8.86. The third-order valence-electron chi connectivity index (χ3n) is 4.83. The smallest absolute Gasteiger partial charge is 0.411 e. The number of aromatic nitrogens is 3. The van der Waals surface area contributed by atoms with Crippen LogP contribution >= 0.6 is 0 Å². The lowest BCUT2D eigenvalue weighted by Gasteiger charge is -2.27. The first-order valence-electron chi connectivity index (χ1n) is 11.2. The molecule has 11 nitrogen and oxygen atoms in total. The number of nitrogens with zero attached hydrogens (tertiary/aromatic N) is 5. The molecule has 2 amide bonds. The largest absolute Gasteiger partial charge is 0.464 e. The van der Waals surface area contributed by atoms with Crippen molar-refractivity contribution >= 4 is 29.3 Å². The number of rotatable bonds is 7. The number of hydrogen-bond donors (Lipinski definition) is 1. The van der Waals surface area contributed by atoms with E-state index in [9.17, 15) is 14.4 Å². The summed E-state index contributed by atoms with van der Waals surface area (Å²) in [6.45, 7) is 12.0. The second kappa shape index (κ2) is 11.7. The van der Waals surface area contributed by atoms with Crippen LogP contribution < -0.4 is 5.32 Å². The Labute approximate surface area is 214 Å². The number of methoxy groups -OCH3 is 1. The van der Waals surface area contributed by atoms with Crippen LogP contribution in [0.5, 0.6) is 0 Å². The van der Waals surface area contributed by atoms with Crippen LogP contribution in [-0.2, 0) is 20.8 Å². The molecule has 190 valence electrons. The van der Waals surface area contributed by atoms with Crippen LogP contribution in [-0.4, -0.2) is 57.1 Å². The first kappa shape index (κ1) is 26.7. The molecular weight excluding hydrogens is 476 g/mol. The highest BCUT2D eigenvalue weighted by atomic mass is 16.6. The molecule has 0 saturated heterocycles. The highest BCUT2D eigenvalue weighted by Gasteiger charge is 2.26. The topological polar surface area (TPSA) is 128 Å². The van der Waals surface area contributed by atoms with Gasteiger partial charge in [0.25, 0.3) is 0 Å². The van der Waals surface area contributed by atoms with E-state index in [2.05, 4.69) is 25.1 Å². The Hall–Kier alpha value is -4.85. The standard InChI is InChI=1S/C26H26N6O5/c1-26(2,3)37-25(35)32(14-20-9-10-28-16-30-20)15-22(33)31-21-12-18(13-29-23(21)24(34)36-5)17-7-6-8-19(11-17)27-4/h6-13,16H,14-15H2,1-3,5H3,(H,31,33). The van der Waals surface area contributed by atoms with Gasteiger partial charge >= 0.3 is 12.1 Å². The molecule has 1 aromatic carbocycles. The van der Waals surface area contributed by atoms with Crippen molar-refractivity contribution in [1.82, 2.24) is 19.9 Å². The van der Waals surface area contributed by atoms with E-state index in [1.165, 1.54) is 30.7 Å². The quantitative estimate of drug-likeness (QED) is 0.375. The average molecular weight is 503 g/mol. The van der Waals surface area contributed by atoms with Gasteiger partial charge in [-0.15, -0.1) is 0 Å². The van der Waals surface area contributed by atoms with Gasteiger partial charge in [-0.05, 0) is 44.5 Å². The molecule has 0 aliphatic heterocycles. The molecule has 37 heavy (non-hydrogen) atoms. The minimum Gasteiger partial charge on any atom is -0.464 e. The van der Waals surface area contributed by atoms with Gasteiger partial charge in [-0.25, -0.2) is 29.4 Å². The van der Waals surface area contributed by atoms with E-state index in [1.54, 1.807) is 57.2 Å². The lowest BCUT2D eigenvalue weighted by Crippen LogP contribution is -2.41. The normalized spacial score (nSPS) is 10.7. The Balaban J connectivity index is 1.89. The molecule has 11 heteroatoms. The average Bonchev–Trinajstić information content (AvgIpc) is 2.87. The number of carbonyl (C=O) groups is 3. The first-order valence-corrected chi connectivity index (χ1v) is 11.2. The van der Waals surface area contributed by atoms with Gasteiger partial charge in [0.2, 0.25) is 5.91 Å². The van der Waals surface area contributed by atoms with Crippen molar-refractivity contribution in [3.05, 3.63) is 77.9 Å². The summed E-state index contributed by atoms with van der Waals surface area (Å²) in [7, 11) is 1.20. The Morgan fingerprint density at radius 3 is 2.54 bits per heavy atom. The van der Waals surface area contributed by atoms with Crippen molar-refractivity contribution in [3.63, 3.8) is 0 Å². The predicted molar refractivity (Wildman–Crippen MR) is 135 cm³/mol. The summed E-state index contributed by atoms with van der Waals surface area (Å²) in [5.74, 6) is -1.35. The molecule has 3 aromatic rings. The molecule has 0 saturated carbocycles. The SMILES string of the molecule is [C-]#[N+]c1cccc(-c2cnc(C(=O)OC)c(NC(=O)CN(Cc3ccncn3)C(=O)OC(C)(C)C)c2)c1. The maximum atomic E-state index is 13.1. The van der Waals surface area contributed by atoms with Crippen LogP contribution in [0.15, 0.2) is 55.1 Å². The van der Waals surface area contributed by atoms with Crippen molar-refractivity contribution in [2.75, 3.05) is 19.0 Å². The van der Waals surface area contributed by atoms with E-state index in [0.717, 1.165) is 0 Å². The van der Waals surface area contributed by atoms with Crippen LogP contribution in [0.1, 0.15) is 37.0 Å². The number of carbonyl (C=O) groups excluding carboxylic acids is 3. The van der Waals surface area contributed by atoms with Crippen LogP contribution in [0.4, 0.5) is 16.2 Å². The van der Waals surface area contributed by atoms with E-state index in [1.807, 2.05) is 0 Å². The molecule has 0 unspecified atom stereocenters. The van der Waals surface area contributed by atoms with Crippen molar-refractivity contribution in [1.29, 1.82) is 0 Å². The summed E-state index contributed by atoms with van der Waals surface area (Å²) in [6, 6.07) is 10.0. The fourth-order valence-corrected chi connectivity index (χ4v) is 3.21. The summed E-state index contributed by atoms with van der Waals surface area (Å²) >= 11 is 0. The maximum absolute atomic E-state index is 13.1. The van der Waals surface area contributed by atoms with Crippen molar-refractivity contribution in [2.24, 2.45) is 0 Å². The molecule has 3 rings (SSSR count). The fourth-order valence-electron chi connectivity index (χ4n) is 3.21. The van der Waals surface area contributed by atoms with Crippen molar-refractivity contribution in [3.8, 4) is 11.1 Å². The molecular formula is C26H26N6O5. The molecule has 0 aliphatic rings. The molecule has 1 N–H and O–H groups in total. The number of hydrogen-bond acceptors (Lipinski definition) is 8. The van der Waals surface area contributed by atoms with E-state index in [-0.39, 0.29) is 17.9 Å². The van der Waals surface area contributed by atoms with Crippen molar-refractivity contribution in [2.45, 2.75) is 32.9 Å². The molecule has 2 heterocycles. The molecule has 0 fully saturated rings. The third kappa shape index (κ3) is 7.57. The van der Waals surface area contributed by atoms with E-state index in [0.29, 0.717) is 22.5 Å². The minimum absolute atomic E-state index is 0.00355. The number of amides is 2. The lowest BCUT2D eigenvalue weighted by atomic mass is 10.1. The Bertz CT molecular complexity index is 1330. The van der Waals surface area contributed by atoms with E-state index < -0.39 is 30.1 Å². The fraction of sp³-hybridized carbons (Fsp3) is 0.269. The van der Waals surface area contributed by atoms with Crippen LogP contribution in [0.2, 0.25) is 0 Å². The molecule has 0 atom stereocenters. The summed E-state index contributed by atoms with van der Waals surface area (Å²) < 4.78 is 10.3. The molecule has 0 aliphatic carbocycles. The minimum atomic E-state index is -0.784. The van der Waals surface area contributed by atoms with Crippen molar-refractivity contribution < 1.29 is 23.9 Å². The number of nitrogens with one attached hydrogen (secondary N) is 1. The Morgan fingerprint density at radius 2 is 1.89 bits per heavy atom. The van der Waals surface area contributed by atoms with Crippen LogP contribution in [0, 0.1) is 6.57 Å². The summed E-state index contributed by atoms with van der Waals surface area (Å²) in [5.41, 5.74) is 1.37. The van der Waals surface area contributed by atoms with Gasteiger partial charge in [-0.3, -0.25) is 9.69 Å². The number of ether oxygens (including phenoxy) is 2. The highest BCUT2D eigenvalue weighted by molar-refractivity contribution is 6.01. The molecule has 2 aromatic heterocycles. The zero-order valence-corrected chi connectivity index (χ0v) is 20.9. The zero-order valence-electron chi connectivity index (χ0n) is 20.9. The Morgan fingerprint density at radius 1 is 1.11 bits per heavy atom. The van der Waals surface area contributed by atoms with Crippen LogP contribution in [0.25, 0.3) is 16.0 Å². The molecule has 0 bridgehead atoms. The summed E-state index contributed by atoms with van der Waals surface area (Å²) in [4.78, 5) is 55.0. The zero-order chi connectivity index (χ0) is 27.0. The molecule has 0 spiro atoms. The second-order valence-corrected chi connectivity index (χ2v) is 8.86. The van der Waals surface area contributed by atoms with Gasteiger partial charge in [0.15, 0.2) is 11.4 Å². The van der Waals surface area contributed by atoms with E-state index in [4.69, 9.17) is 16.0 Å². The summed E-state index contributed by atoms with van der Waals surface area (Å²) in [6.07, 6.45) is 3.61. The van der Waals surface area contributed by atoms with Gasteiger partial charge in [-0.2, -0.15) is 0 Å². The van der Waals surface area contributed by atoms with Gasteiger partial charge in [0.05, 0.1) is 31.6 Å². The van der Waals surface area contributed by atoms with Gasteiger partial charge in [0.1, 0.15) is 18.5 Å². The van der Waals surface area contributed by atoms with Gasteiger partial charge in [-0.1, -0.05) is 18.2 Å². The Kier molecular flexibility index (Phi) is 8.47. The number of esters is 1. The number of benzene rings is 1.